The Morgan fingerprint density at radius 2 is 1.96 bits per heavy atom. The van der Waals surface area contributed by atoms with Crippen LogP contribution in [0.3, 0.4) is 0 Å². The molecule has 1 aromatic rings. The summed E-state index contributed by atoms with van der Waals surface area (Å²) in [4.78, 5) is 23.2. The second kappa shape index (κ2) is 8.92. The Bertz CT molecular complexity index is 540. The van der Waals surface area contributed by atoms with Gasteiger partial charge in [-0.2, -0.15) is 8.78 Å². The Balaban J connectivity index is 2.75. The number of rotatable bonds is 8. The van der Waals surface area contributed by atoms with Crippen molar-refractivity contribution < 1.29 is 23.1 Å². The average molecular weight is 329 g/mol. The van der Waals surface area contributed by atoms with Crippen molar-refractivity contribution >= 4 is 11.9 Å². The largest absolute Gasteiger partial charge is 0.434 e. The van der Waals surface area contributed by atoms with E-state index in [0.29, 0.717) is 12.0 Å². The second-order valence-electron chi connectivity index (χ2n) is 5.08. The number of primary amides is 1. The summed E-state index contributed by atoms with van der Waals surface area (Å²) in [5.41, 5.74) is 5.48. The minimum atomic E-state index is -2.95. The first-order chi connectivity index (χ1) is 10.8. The molecule has 23 heavy (non-hydrogen) atoms. The zero-order valence-corrected chi connectivity index (χ0v) is 13.0. The summed E-state index contributed by atoms with van der Waals surface area (Å²) in [5.74, 6) is -0.578. The number of urea groups is 1. The maximum Gasteiger partial charge on any atom is 0.387 e. The maximum atomic E-state index is 12.4. The van der Waals surface area contributed by atoms with Gasteiger partial charge < -0.3 is 21.1 Å². The van der Waals surface area contributed by atoms with Gasteiger partial charge in [-0.25, -0.2) is 4.79 Å². The van der Waals surface area contributed by atoms with Crippen molar-refractivity contribution in [1.82, 2.24) is 10.6 Å². The van der Waals surface area contributed by atoms with Crippen molar-refractivity contribution in [3.05, 3.63) is 29.8 Å². The standard InChI is InChI=1S/C15H21F2N3O3/c1-3-9(2)12(20-15(18)22)13(21)19-8-10-6-4-5-7-11(10)23-14(16)17/h4-7,9,12,14H,3,8H2,1-2H3,(H,19,21)(H3,18,20,22)/t9-,12-/m1/s1. The average Bonchev–Trinajstić information content (AvgIpc) is 2.50. The highest BCUT2D eigenvalue weighted by Gasteiger charge is 2.25. The molecule has 0 aliphatic heterocycles. The maximum absolute atomic E-state index is 12.4. The molecule has 4 N–H and O–H groups in total. The van der Waals surface area contributed by atoms with Crippen molar-refractivity contribution in [2.45, 2.75) is 39.5 Å². The molecule has 8 heteroatoms. The lowest BCUT2D eigenvalue weighted by molar-refractivity contribution is -0.124. The van der Waals surface area contributed by atoms with Crippen LogP contribution in [0, 0.1) is 5.92 Å². The van der Waals surface area contributed by atoms with E-state index in [4.69, 9.17) is 5.73 Å². The quantitative estimate of drug-likeness (QED) is 0.681. The molecule has 0 fully saturated rings. The predicted octanol–water partition coefficient (Wildman–Crippen LogP) is 1.99. The van der Waals surface area contributed by atoms with Crippen LogP contribution in [0.4, 0.5) is 13.6 Å². The van der Waals surface area contributed by atoms with Gasteiger partial charge in [0.2, 0.25) is 5.91 Å². The highest BCUT2D eigenvalue weighted by molar-refractivity contribution is 5.86. The lowest BCUT2D eigenvalue weighted by atomic mass is 9.98. The third-order valence-electron chi connectivity index (χ3n) is 3.43. The lowest BCUT2D eigenvalue weighted by Crippen LogP contribution is -2.51. The molecule has 0 bridgehead atoms. The van der Waals surface area contributed by atoms with Gasteiger partial charge in [-0.05, 0) is 12.0 Å². The molecule has 0 saturated heterocycles. The molecule has 0 radical (unpaired) electrons. The van der Waals surface area contributed by atoms with Crippen molar-refractivity contribution in [1.29, 1.82) is 0 Å². The molecular formula is C15H21F2N3O3. The Kier molecular flexibility index (Phi) is 7.24. The molecule has 0 saturated carbocycles. The molecule has 3 amide bonds. The smallest absolute Gasteiger partial charge is 0.387 e. The first-order valence-electron chi connectivity index (χ1n) is 7.21. The summed E-state index contributed by atoms with van der Waals surface area (Å²) >= 11 is 0. The van der Waals surface area contributed by atoms with E-state index in [1.54, 1.807) is 25.1 Å². The summed E-state index contributed by atoms with van der Waals surface area (Å²) in [6, 6.07) is 4.57. The lowest BCUT2D eigenvalue weighted by Gasteiger charge is -2.22. The van der Waals surface area contributed by atoms with Crippen molar-refractivity contribution in [3.63, 3.8) is 0 Å². The molecule has 0 aliphatic carbocycles. The van der Waals surface area contributed by atoms with Crippen molar-refractivity contribution in [3.8, 4) is 5.75 Å². The summed E-state index contributed by atoms with van der Waals surface area (Å²) in [6.45, 7) is 0.721. The first kappa shape index (κ1) is 18.7. The number of hydrogen-bond acceptors (Lipinski definition) is 3. The SMILES string of the molecule is CC[C@@H](C)[C@@H](NC(N)=O)C(=O)NCc1ccccc1OC(F)F. The first-order valence-corrected chi connectivity index (χ1v) is 7.21. The number of nitrogens with one attached hydrogen (secondary N) is 2. The van der Waals surface area contributed by atoms with Gasteiger partial charge in [0.25, 0.3) is 0 Å². The number of ether oxygens (including phenoxy) is 1. The number of nitrogens with two attached hydrogens (primary N) is 1. The van der Waals surface area contributed by atoms with Gasteiger partial charge in [0.1, 0.15) is 11.8 Å². The molecule has 2 atom stereocenters. The topological polar surface area (TPSA) is 93.5 Å². The number of halogens is 2. The van der Waals surface area contributed by atoms with Crippen molar-refractivity contribution in [2.75, 3.05) is 0 Å². The molecule has 0 aliphatic rings. The van der Waals surface area contributed by atoms with Gasteiger partial charge in [-0.1, -0.05) is 38.5 Å². The Hall–Kier alpha value is -2.38. The summed E-state index contributed by atoms with van der Waals surface area (Å²) in [5, 5.41) is 4.99. The van der Waals surface area contributed by atoms with Crippen LogP contribution in [0.15, 0.2) is 24.3 Å². The van der Waals surface area contributed by atoms with Crippen LogP contribution in [0.5, 0.6) is 5.75 Å². The normalized spacial score (nSPS) is 13.3. The molecule has 1 rings (SSSR count). The van der Waals surface area contributed by atoms with Crippen LogP contribution >= 0.6 is 0 Å². The van der Waals surface area contributed by atoms with Gasteiger partial charge >= 0.3 is 12.6 Å². The second-order valence-corrected chi connectivity index (χ2v) is 5.08. The highest BCUT2D eigenvalue weighted by Crippen LogP contribution is 2.20. The monoisotopic (exact) mass is 329 g/mol. The highest BCUT2D eigenvalue weighted by atomic mass is 19.3. The molecule has 1 aromatic carbocycles. The zero-order valence-electron chi connectivity index (χ0n) is 13.0. The number of amides is 3. The van der Waals surface area contributed by atoms with Gasteiger partial charge in [0.05, 0.1) is 0 Å². The fraction of sp³-hybridized carbons (Fsp3) is 0.467. The number of carbonyl (C=O) groups is 2. The van der Waals surface area contributed by atoms with Gasteiger partial charge in [-0.3, -0.25) is 4.79 Å². The van der Waals surface area contributed by atoms with E-state index in [1.165, 1.54) is 6.07 Å². The number of carbonyl (C=O) groups excluding carboxylic acids is 2. The number of alkyl halides is 2. The van der Waals surface area contributed by atoms with E-state index < -0.39 is 24.6 Å². The van der Waals surface area contributed by atoms with Crippen LogP contribution in [-0.4, -0.2) is 24.6 Å². The van der Waals surface area contributed by atoms with Crippen LogP contribution < -0.4 is 21.1 Å². The Morgan fingerprint density at radius 3 is 2.52 bits per heavy atom. The predicted molar refractivity (Wildman–Crippen MR) is 80.9 cm³/mol. The minimum Gasteiger partial charge on any atom is -0.434 e. The Morgan fingerprint density at radius 1 is 1.30 bits per heavy atom. The van der Waals surface area contributed by atoms with Crippen molar-refractivity contribution in [2.24, 2.45) is 11.7 Å². The number of para-hydroxylation sites is 1. The van der Waals surface area contributed by atoms with E-state index in [0.717, 1.165) is 0 Å². The van der Waals surface area contributed by atoms with Gasteiger partial charge in [0.15, 0.2) is 0 Å². The third-order valence-corrected chi connectivity index (χ3v) is 3.43. The third kappa shape index (κ3) is 6.09. The van der Waals surface area contributed by atoms with Crippen LogP contribution in [0.1, 0.15) is 25.8 Å². The molecule has 6 nitrogen and oxygen atoms in total. The minimum absolute atomic E-state index is 0.00486. The fourth-order valence-electron chi connectivity index (χ4n) is 2.01. The summed E-state index contributed by atoms with van der Waals surface area (Å²) in [7, 11) is 0. The van der Waals surface area contributed by atoms with Gasteiger partial charge in [-0.15, -0.1) is 0 Å². The van der Waals surface area contributed by atoms with E-state index in [-0.39, 0.29) is 18.2 Å². The Labute approximate surface area is 133 Å². The van der Waals surface area contributed by atoms with E-state index in [2.05, 4.69) is 15.4 Å². The summed E-state index contributed by atoms with van der Waals surface area (Å²) in [6.07, 6.45) is 0.656. The molecule has 0 spiro atoms. The zero-order chi connectivity index (χ0) is 17.4. The molecule has 0 aromatic heterocycles. The van der Waals surface area contributed by atoms with E-state index in [9.17, 15) is 18.4 Å². The van der Waals surface area contributed by atoms with E-state index in [1.807, 2.05) is 6.92 Å². The molecular weight excluding hydrogens is 308 g/mol. The number of hydrogen-bond donors (Lipinski definition) is 3. The molecule has 0 unspecified atom stereocenters. The summed E-state index contributed by atoms with van der Waals surface area (Å²) < 4.78 is 29.1. The van der Waals surface area contributed by atoms with Crippen LogP contribution in [0.2, 0.25) is 0 Å². The van der Waals surface area contributed by atoms with Crippen LogP contribution in [0.25, 0.3) is 0 Å². The fourth-order valence-corrected chi connectivity index (χ4v) is 2.01. The van der Waals surface area contributed by atoms with Gasteiger partial charge in [0, 0.05) is 12.1 Å². The van der Waals surface area contributed by atoms with E-state index >= 15 is 0 Å². The molecule has 0 heterocycles. The van der Waals surface area contributed by atoms with Crippen LogP contribution in [-0.2, 0) is 11.3 Å². The molecule has 128 valence electrons. The number of benzene rings is 1.